The molecule has 0 spiro atoms. The highest BCUT2D eigenvalue weighted by molar-refractivity contribution is 7.99. The lowest BCUT2D eigenvalue weighted by Gasteiger charge is -2.03. The smallest absolute Gasteiger partial charge is 0.265 e. The Labute approximate surface area is 96.3 Å². The molecule has 0 unspecified atom stereocenters. The Morgan fingerprint density at radius 2 is 2.06 bits per heavy atom. The summed E-state index contributed by atoms with van der Waals surface area (Å²) in [6.45, 7) is 0.827. The monoisotopic (exact) mass is 231 g/mol. The first-order valence-electron chi connectivity index (χ1n) is 5.02. The van der Waals surface area contributed by atoms with E-state index in [-0.39, 0.29) is 5.56 Å². The molecule has 0 aliphatic carbocycles. The van der Waals surface area contributed by atoms with Crippen molar-refractivity contribution in [3.8, 4) is 11.3 Å². The molecule has 4 nitrogen and oxygen atoms in total. The standard InChI is InChI=1S/C11H9N3OS/c15-10-9(8-4-2-1-3-5-8)13-14-6-7-16-11(14)12-10/h1-5H,6-7H2. The van der Waals surface area contributed by atoms with E-state index in [1.54, 1.807) is 16.4 Å². The Morgan fingerprint density at radius 1 is 1.25 bits per heavy atom. The van der Waals surface area contributed by atoms with Gasteiger partial charge in [-0.1, -0.05) is 42.1 Å². The number of aromatic nitrogens is 3. The van der Waals surface area contributed by atoms with Gasteiger partial charge >= 0.3 is 0 Å². The molecule has 1 aromatic heterocycles. The molecule has 0 amide bonds. The molecule has 1 aliphatic rings. The Balaban J connectivity index is 2.19. The number of rotatable bonds is 1. The summed E-state index contributed by atoms with van der Waals surface area (Å²) in [6, 6.07) is 9.45. The van der Waals surface area contributed by atoms with Crippen LogP contribution in [0, 0.1) is 0 Å². The first-order valence-corrected chi connectivity index (χ1v) is 6.00. The zero-order chi connectivity index (χ0) is 11.0. The minimum Gasteiger partial charge on any atom is -0.265 e. The van der Waals surface area contributed by atoms with Gasteiger partial charge in [0.2, 0.25) is 0 Å². The van der Waals surface area contributed by atoms with Gasteiger partial charge in [0.1, 0.15) is 0 Å². The summed E-state index contributed by atoms with van der Waals surface area (Å²) in [7, 11) is 0. The molecule has 0 bridgehead atoms. The highest BCUT2D eigenvalue weighted by atomic mass is 32.2. The van der Waals surface area contributed by atoms with Gasteiger partial charge in [0, 0.05) is 11.3 Å². The molecule has 1 aliphatic heterocycles. The van der Waals surface area contributed by atoms with Crippen LogP contribution >= 0.6 is 11.8 Å². The van der Waals surface area contributed by atoms with Crippen molar-refractivity contribution >= 4 is 11.8 Å². The summed E-state index contributed by atoms with van der Waals surface area (Å²) in [5.41, 5.74) is 1.02. The van der Waals surface area contributed by atoms with Gasteiger partial charge in [-0.05, 0) is 0 Å². The third-order valence-electron chi connectivity index (χ3n) is 2.42. The van der Waals surface area contributed by atoms with Crippen LogP contribution in [-0.4, -0.2) is 20.5 Å². The highest BCUT2D eigenvalue weighted by Gasteiger charge is 2.16. The van der Waals surface area contributed by atoms with Gasteiger partial charge in [0.15, 0.2) is 10.9 Å². The van der Waals surface area contributed by atoms with E-state index in [1.807, 2.05) is 30.3 Å². The lowest BCUT2D eigenvalue weighted by molar-refractivity contribution is 0.573. The average molecular weight is 231 g/mol. The zero-order valence-corrected chi connectivity index (χ0v) is 9.28. The average Bonchev–Trinajstić information content (AvgIpc) is 2.76. The maximum atomic E-state index is 11.8. The van der Waals surface area contributed by atoms with Crippen molar-refractivity contribution in [1.29, 1.82) is 0 Å². The second-order valence-electron chi connectivity index (χ2n) is 3.49. The van der Waals surface area contributed by atoms with Crippen LogP contribution in [-0.2, 0) is 6.54 Å². The van der Waals surface area contributed by atoms with Crippen molar-refractivity contribution < 1.29 is 0 Å². The fourth-order valence-electron chi connectivity index (χ4n) is 1.66. The van der Waals surface area contributed by atoms with Crippen LogP contribution in [0.1, 0.15) is 0 Å². The molecule has 5 heteroatoms. The van der Waals surface area contributed by atoms with Crippen LogP contribution in [0.2, 0.25) is 0 Å². The second kappa shape index (κ2) is 3.75. The van der Waals surface area contributed by atoms with Crippen LogP contribution in [0.25, 0.3) is 11.3 Å². The van der Waals surface area contributed by atoms with Gasteiger partial charge in [0.25, 0.3) is 5.56 Å². The Kier molecular flexibility index (Phi) is 2.25. The van der Waals surface area contributed by atoms with E-state index < -0.39 is 0 Å². The van der Waals surface area contributed by atoms with Gasteiger partial charge in [0.05, 0.1) is 6.54 Å². The molecule has 16 heavy (non-hydrogen) atoms. The summed E-state index contributed by atoms with van der Waals surface area (Å²) in [4.78, 5) is 15.8. The number of fused-ring (bicyclic) bond motifs is 1. The minimum atomic E-state index is -0.244. The predicted molar refractivity (Wildman–Crippen MR) is 62.5 cm³/mol. The molecule has 0 radical (unpaired) electrons. The Bertz CT molecular complexity index is 580. The van der Waals surface area contributed by atoms with Crippen molar-refractivity contribution in [3.05, 3.63) is 40.7 Å². The summed E-state index contributed by atoms with van der Waals surface area (Å²) in [6.07, 6.45) is 0. The van der Waals surface area contributed by atoms with Crippen molar-refractivity contribution in [3.63, 3.8) is 0 Å². The predicted octanol–water partition coefficient (Wildman–Crippen LogP) is 1.41. The summed E-state index contributed by atoms with van der Waals surface area (Å²) in [5, 5.41) is 5.07. The molecule has 0 fully saturated rings. The van der Waals surface area contributed by atoms with Gasteiger partial charge < -0.3 is 0 Å². The van der Waals surface area contributed by atoms with E-state index in [4.69, 9.17) is 0 Å². The number of nitrogens with zero attached hydrogens (tertiary/aromatic N) is 3. The van der Waals surface area contributed by atoms with E-state index in [9.17, 15) is 4.79 Å². The second-order valence-corrected chi connectivity index (χ2v) is 4.55. The third-order valence-corrected chi connectivity index (χ3v) is 3.37. The fourth-order valence-corrected chi connectivity index (χ4v) is 2.53. The maximum absolute atomic E-state index is 11.8. The molecule has 0 N–H and O–H groups in total. The molecule has 1 aromatic carbocycles. The van der Waals surface area contributed by atoms with Gasteiger partial charge in [-0.3, -0.25) is 4.79 Å². The van der Waals surface area contributed by atoms with Crippen LogP contribution in [0.15, 0.2) is 40.3 Å². The van der Waals surface area contributed by atoms with Crippen molar-refractivity contribution in [2.45, 2.75) is 11.7 Å². The first kappa shape index (κ1) is 9.59. The van der Waals surface area contributed by atoms with E-state index >= 15 is 0 Å². The van der Waals surface area contributed by atoms with Crippen molar-refractivity contribution in [2.75, 3.05) is 5.75 Å². The Morgan fingerprint density at radius 3 is 2.88 bits per heavy atom. The number of hydrogen-bond donors (Lipinski definition) is 0. The van der Waals surface area contributed by atoms with Gasteiger partial charge in [-0.25, -0.2) is 4.68 Å². The molecule has 2 aromatic rings. The molecule has 2 heterocycles. The summed E-state index contributed by atoms with van der Waals surface area (Å²) in [5.74, 6) is 0.942. The highest BCUT2D eigenvalue weighted by Crippen LogP contribution is 2.21. The SMILES string of the molecule is O=c1nc2n(nc1-c1ccccc1)CCS2. The zero-order valence-electron chi connectivity index (χ0n) is 8.46. The molecular weight excluding hydrogens is 222 g/mol. The lowest BCUT2D eigenvalue weighted by Crippen LogP contribution is -2.18. The van der Waals surface area contributed by atoms with Crippen molar-refractivity contribution in [2.24, 2.45) is 0 Å². The van der Waals surface area contributed by atoms with Gasteiger partial charge in [-0.15, -0.1) is 0 Å². The molecule has 0 atom stereocenters. The number of hydrogen-bond acceptors (Lipinski definition) is 4. The largest absolute Gasteiger partial charge is 0.300 e. The summed E-state index contributed by atoms with van der Waals surface area (Å²) < 4.78 is 1.80. The maximum Gasteiger partial charge on any atom is 0.300 e. The van der Waals surface area contributed by atoms with Gasteiger partial charge in [-0.2, -0.15) is 10.1 Å². The minimum absolute atomic E-state index is 0.244. The van der Waals surface area contributed by atoms with E-state index in [2.05, 4.69) is 10.1 Å². The summed E-state index contributed by atoms with van der Waals surface area (Å²) >= 11 is 1.58. The Hall–Kier alpha value is -1.62. The third kappa shape index (κ3) is 1.53. The molecule has 0 saturated carbocycles. The quantitative estimate of drug-likeness (QED) is 0.744. The number of benzene rings is 1. The lowest BCUT2D eigenvalue weighted by atomic mass is 10.2. The molecule has 0 saturated heterocycles. The number of aryl methyl sites for hydroxylation is 1. The number of thioether (sulfide) groups is 1. The topological polar surface area (TPSA) is 47.8 Å². The van der Waals surface area contributed by atoms with Crippen LogP contribution in [0.3, 0.4) is 0 Å². The van der Waals surface area contributed by atoms with Crippen LogP contribution < -0.4 is 5.56 Å². The molecule has 3 rings (SSSR count). The normalized spacial score (nSPS) is 13.8. The van der Waals surface area contributed by atoms with Crippen LogP contribution in [0.5, 0.6) is 0 Å². The van der Waals surface area contributed by atoms with E-state index in [0.717, 1.165) is 23.0 Å². The molecule has 80 valence electrons. The fraction of sp³-hybridized carbons (Fsp3) is 0.182. The van der Waals surface area contributed by atoms with Crippen molar-refractivity contribution in [1.82, 2.24) is 14.8 Å². The first-order chi connectivity index (χ1) is 7.84. The van der Waals surface area contributed by atoms with E-state index in [0.29, 0.717) is 5.69 Å². The van der Waals surface area contributed by atoms with Crippen LogP contribution in [0.4, 0.5) is 0 Å². The molecular formula is C11H9N3OS. The van der Waals surface area contributed by atoms with E-state index in [1.165, 1.54) is 0 Å².